The van der Waals surface area contributed by atoms with Crippen molar-refractivity contribution in [2.24, 2.45) is 4.99 Å². The molecule has 0 atom stereocenters. The van der Waals surface area contributed by atoms with Crippen molar-refractivity contribution < 1.29 is 0 Å². The second-order valence-corrected chi connectivity index (χ2v) is 4.04. The summed E-state index contributed by atoms with van der Waals surface area (Å²) in [5, 5.41) is 4.34. The third-order valence-electron chi connectivity index (χ3n) is 1.74. The van der Waals surface area contributed by atoms with E-state index in [1.54, 1.807) is 11.8 Å². The molecule has 0 saturated heterocycles. The molecule has 1 rings (SSSR count). The van der Waals surface area contributed by atoms with Crippen LogP contribution in [0.3, 0.4) is 0 Å². The number of amidine groups is 1. The molecule has 0 spiro atoms. The fraction of sp³-hybridized carbons (Fsp3) is 0.364. The molecule has 0 aromatic rings. The van der Waals surface area contributed by atoms with Gasteiger partial charge in [-0.15, -0.1) is 0 Å². The molecular weight excluding hydrogens is 192 g/mol. The molecule has 0 heterocycles. The van der Waals surface area contributed by atoms with Gasteiger partial charge in [-0.05, 0) is 5.75 Å². The Morgan fingerprint density at radius 3 is 2.43 bits per heavy atom. The lowest BCUT2D eigenvalue weighted by Crippen LogP contribution is -2.29. The molecule has 1 aliphatic rings. The fourth-order valence-corrected chi connectivity index (χ4v) is 1.73. The van der Waals surface area contributed by atoms with Crippen LogP contribution in [0, 0.1) is 0 Å². The van der Waals surface area contributed by atoms with Crippen molar-refractivity contribution in [2.75, 3.05) is 12.8 Å². The summed E-state index contributed by atoms with van der Waals surface area (Å²) >= 11 is 1.73. The smallest absolute Gasteiger partial charge is 0.156 e. The summed E-state index contributed by atoms with van der Waals surface area (Å²) in [5.74, 6) is 1.04. The molecule has 0 saturated carbocycles. The van der Waals surface area contributed by atoms with E-state index in [0.29, 0.717) is 0 Å². The van der Waals surface area contributed by atoms with Gasteiger partial charge in [0.2, 0.25) is 0 Å². The van der Waals surface area contributed by atoms with E-state index >= 15 is 0 Å². The Balaban J connectivity index is 2.50. The van der Waals surface area contributed by atoms with Gasteiger partial charge in [-0.1, -0.05) is 55.1 Å². The lowest BCUT2D eigenvalue weighted by Gasteiger charge is -2.12. The normalized spacial score (nSPS) is 17.1. The Hall–Kier alpha value is -0.960. The SMILES string of the molecule is CCSC(=NC)NC1C=CC=CC=C1. The lowest BCUT2D eigenvalue weighted by molar-refractivity contribution is 0.892. The number of allylic oxidation sites excluding steroid dienone is 4. The minimum absolute atomic E-state index is 0.253. The highest BCUT2D eigenvalue weighted by atomic mass is 32.2. The van der Waals surface area contributed by atoms with Gasteiger partial charge in [0.05, 0.1) is 6.04 Å². The van der Waals surface area contributed by atoms with Gasteiger partial charge >= 0.3 is 0 Å². The molecule has 1 N–H and O–H groups in total. The molecule has 1 aliphatic carbocycles. The maximum absolute atomic E-state index is 4.18. The second kappa shape index (κ2) is 6.49. The van der Waals surface area contributed by atoms with E-state index in [1.165, 1.54) is 0 Å². The Labute approximate surface area is 89.9 Å². The minimum Gasteiger partial charge on any atom is -0.355 e. The van der Waals surface area contributed by atoms with Crippen molar-refractivity contribution in [3.8, 4) is 0 Å². The van der Waals surface area contributed by atoms with Crippen LogP contribution < -0.4 is 5.32 Å². The highest BCUT2D eigenvalue weighted by Gasteiger charge is 2.03. The highest BCUT2D eigenvalue weighted by molar-refractivity contribution is 8.13. The number of hydrogen-bond acceptors (Lipinski definition) is 2. The van der Waals surface area contributed by atoms with Gasteiger partial charge in [0.15, 0.2) is 5.17 Å². The first-order valence-electron chi connectivity index (χ1n) is 4.74. The van der Waals surface area contributed by atoms with E-state index in [2.05, 4.69) is 29.4 Å². The third-order valence-corrected chi connectivity index (χ3v) is 2.61. The largest absolute Gasteiger partial charge is 0.355 e. The number of nitrogens with zero attached hydrogens (tertiary/aromatic N) is 1. The zero-order chi connectivity index (χ0) is 10.2. The average molecular weight is 208 g/mol. The molecule has 0 aromatic carbocycles. The van der Waals surface area contributed by atoms with Gasteiger partial charge in [-0.2, -0.15) is 0 Å². The first kappa shape index (κ1) is 11.1. The first-order chi connectivity index (χ1) is 6.86. The highest BCUT2D eigenvalue weighted by Crippen LogP contribution is 2.04. The molecule has 3 heteroatoms. The van der Waals surface area contributed by atoms with Crippen molar-refractivity contribution in [1.82, 2.24) is 5.32 Å². The van der Waals surface area contributed by atoms with Gasteiger partial charge < -0.3 is 5.32 Å². The van der Waals surface area contributed by atoms with Crippen LogP contribution in [0.5, 0.6) is 0 Å². The Kier molecular flexibility index (Phi) is 5.15. The summed E-state index contributed by atoms with van der Waals surface area (Å²) in [6, 6.07) is 0.253. The second-order valence-electron chi connectivity index (χ2n) is 2.79. The zero-order valence-corrected chi connectivity index (χ0v) is 9.42. The third kappa shape index (κ3) is 3.83. The molecule has 0 amide bonds. The van der Waals surface area contributed by atoms with E-state index in [4.69, 9.17) is 0 Å². The van der Waals surface area contributed by atoms with E-state index in [9.17, 15) is 0 Å². The maximum Gasteiger partial charge on any atom is 0.156 e. The minimum atomic E-state index is 0.253. The maximum atomic E-state index is 4.18. The molecule has 76 valence electrons. The van der Waals surface area contributed by atoms with Crippen LogP contribution >= 0.6 is 11.8 Å². The molecule has 0 unspecified atom stereocenters. The predicted molar refractivity (Wildman–Crippen MR) is 65.8 cm³/mol. The summed E-state index contributed by atoms with van der Waals surface area (Å²) in [6.07, 6.45) is 12.4. The van der Waals surface area contributed by atoms with Gasteiger partial charge in [-0.3, -0.25) is 4.99 Å². The first-order valence-corrected chi connectivity index (χ1v) is 5.73. The molecule has 0 bridgehead atoms. The van der Waals surface area contributed by atoms with Gasteiger partial charge in [0.1, 0.15) is 0 Å². The van der Waals surface area contributed by atoms with E-state index in [1.807, 2.05) is 31.4 Å². The summed E-state index contributed by atoms with van der Waals surface area (Å²) in [4.78, 5) is 4.18. The summed E-state index contributed by atoms with van der Waals surface area (Å²) in [5.41, 5.74) is 0. The number of rotatable bonds is 2. The van der Waals surface area contributed by atoms with Crippen LogP contribution in [-0.2, 0) is 0 Å². The van der Waals surface area contributed by atoms with E-state index < -0.39 is 0 Å². The van der Waals surface area contributed by atoms with Crippen molar-refractivity contribution in [1.29, 1.82) is 0 Å². The molecule has 0 radical (unpaired) electrons. The van der Waals surface area contributed by atoms with Crippen LogP contribution in [0.2, 0.25) is 0 Å². The number of hydrogen-bond donors (Lipinski definition) is 1. The van der Waals surface area contributed by atoms with Crippen LogP contribution in [0.25, 0.3) is 0 Å². The molecule has 14 heavy (non-hydrogen) atoms. The Morgan fingerprint density at radius 1 is 1.29 bits per heavy atom. The lowest BCUT2D eigenvalue weighted by atomic mass is 10.3. The number of aliphatic imine (C=N–C) groups is 1. The van der Waals surface area contributed by atoms with Gasteiger partial charge in [-0.25, -0.2) is 0 Å². The van der Waals surface area contributed by atoms with Crippen molar-refractivity contribution in [2.45, 2.75) is 13.0 Å². The topological polar surface area (TPSA) is 24.4 Å². The van der Waals surface area contributed by atoms with Crippen LogP contribution in [0.15, 0.2) is 41.4 Å². The van der Waals surface area contributed by atoms with Crippen molar-refractivity contribution in [3.63, 3.8) is 0 Å². The fourth-order valence-electron chi connectivity index (χ4n) is 1.11. The van der Waals surface area contributed by atoms with Crippen molar-refractivity contribution in [3.05, 3.63) is 36.5 Å². The monoisotopic (exact) mass is 208 g/mol. The summed E-state index contributed by atoms with van der Waals surface area (Å²) in [6.45, 7) is 2.12. The van der Waals surface area contributed by atoms with Crippen molar-refractivity contribution >= 4 is 16.9 Å². The molecule has 0 aliphatic heterocycles. The average Bonchev–Trinajstić information content (AvgIpc) is 2.45. The van der Waals surface area contributed by atoms with Crippen LogP contribution in [0.1, 0.15) is 6.92 Å². The molecule has 2 nitrogen and oxygen atoms in total. The van der Waals surface area contributed by atoms with Crippen LogP contribution in [-0.4, -0.2) is 24.0 Å². The number of thioether (sulfide) groups is 1. The van der Waals surface area contributed by atoms with E-state index in [0.717, 1.165) is 10.9 Å². The van der Waals surface area contributed by atoms with Gasteiger partial charge in [0.25, 0.3) is 0 Å². The molecular formula is C11H16N2S. The zero-order valence-electron chi connectivity index (χ0n) is 8.60. The molecule has 0 aromatic heterocycles. The van der Waals surface area contributed by atoms with Gasteiger partial charge in [0, 0.05) is 7.05 Å². The quantitative estimate of drug-likeness (QED) is 0.556. The standard InChI is InChI=1S/C11H16N2S/c1-3-14-11(12-2)13-10-8-6-4-5-7-9-10/h4-10H,3H2,1-2H3,(H,12,13). The predicted octanol–water partition coefficient (Wildman–Crippen LogP) is 2.37. The van der Waals surface area contributed by atoms with Crippen LogP contribution in [0.4, 0.5) is 0 Å². The Morgan fingerprint density at radius 2 is 1.93 bits per heavy atom. The number of nitrogens with one attached hydrogen (secondary N) is 1. The Bertz CT molecular complexity index is 261. The summed E-state index contributed by atoms with van der Waals surface area (Å²) in [7, 11) is 1.81. The van der Waals surface area contributed by atoms with E-state index in [-0.39, 0.29) is 6.04 Å². The summed E-state index contributed by atoms with van der Waals surface area (Å²) < 4.78 is 0. The molecule has 0 fully saturated rings.